The summed E-state index contributed by atoms with van der Waals surface area (Å²) in [6.45, 7) is 8.97. The second-order valence-corrected chi connectivity index (χ2v) is 7.52. The standard InChI is InChI=1S/C14H24N2S/c1-9-6-5-7-10(8-9)11-12(15)17-13(16-11)14(2,3)4/h9-10H,5-8,15H2,1-4H3. The summed E-state index contributed by atoms with van der Waals surface area (Å²) >= 11 is 1.68. The molecule has 0 spiro atoms. The van der Waals surface area contributed by atoms with Crippen LogP contribution in [0.3, 0.4) is 0 Å². The van der Waals surface area contributed by atoms with Gasteiger partial charge < -0.3 is 5.73 Å². The molecule has 1 saturated carbocycles. The first-order valence-electron chi connectivity index (χ1n) is 6.64. The number of thiazole rings is 1. The first-order chi connectivity index (χ1) is 7.88. The Balaban J connectivity index is 2.23. The molecule has 2 unspecified atom stereocenters. The molecule has 2 rings (SSSR count). The van der Waals surface area contributed by atoms with Gasteiger partial charge in [-0.2, -0.15) is 0 Å². The lowest BCUT2D eigenvalue weighted by molar-refractivity contribution is 0.340. The monoisotopic (exact) mass is 252 g/mol. The van der Waals surface area contributed by atoms with Gasteiger partial charge in [0, 0.05) is 11.3 Å². The first kappa shape index (κ1) is 12.9. The Bertz CT molecular complexity index is 389. The van der Waals surface area contributed by atoms with E-state index in [0.717, 1.165) is 10.9 Å². The summed E-state index contributed by atoms with van der Waals surface area (Å²) < 4.78 is 0. The van der Waals surface area contributed by atoms with Gasteiger partial charge in [-0.3, -0.25) is 0 Å². The molecule has 1 heterocycles. The molecule has 0 aromatic carbocycles. The number of nitrogen functional groups attached to an aromatic ring is 1. The number of anilines is 1. The second-order valence-electron chi connectivity index (χ2n) is 6.49. The van der Waals surface area contributed by atoms with Crippen molar-refractivity contribution in [3.63, 3.8) is 0 Å². The predicted molar refractivity (Wildman–Crippen MR) is 75.6 cm³/mol. The molecule has 0 saturated heterocycles. The molecule has 1 aliphatic carbocycles. The maximum Gasteiger partial charge on any atom is 0.110 e. The van der Waals surface area contributed by atoms with Crippen LogP contribution in [0.5, 0.6) is 0 Å². The molecule has 17 heavy (non-hydrogen) atoms. The lowest BCUT2D eigenvalue weighted by atomic mass is 9.81. The molecule has 1 aliphatic rings. The van der Waals surface area contributed by atoms with Crippen LogP contribution >= 0.6 is 11.3 Å². The van der Waals surface area contributed by atoms with Crippen LogP contribution in [-0.4, -0.2) is 4.98 Å². The van der Waals surface area contributed by atoms with Crippen LogP contribution in [0.15, 0.2) is 0 Å². The van der Waals surface area contributed by atoms with E-state index >= 15 is 0 Å². The number of hydrogen-bond donors (Lipinski definition) is 1. The highest BCUT2D eigenvalue weighted by Crippen LogP contribution is 2.41. The highest BCUT2D eigenvalue weighted by Gasteiger charge is 2.27. The summed E-state index contributed by atoms with van der Waals surface area (Å²) in [5, 5.41) is 2.14. The zero-order chi connectivity index (χ0) is 12.6. The third-order valence-electron chi connectivity index (χ3n) is 3.65. The minimum absolute atomic E-state index is 0.122. The summed E-state index contributed by atoms with van der Waals surface area (Å²) in [6, 6.07) is 0. The van der Waals surface area contributed by atoms with Gasteiger partial charge in [-0.1, -0.05) is 40.5 Å². The largest absolute Gasteiger partial charge is 0.389 e. The van der Waals surface area contributed by atoms with Gasteiger partial charge in [-0.15, -0.1) is 11.3 Å². The third-order valence-corrected chi connectivity index (χ3v) is 4.97. The minimum Gasteiger partial charge on any atom is -0.389 e. The first-order valence-corrected chi connectivity index (χ1v) is 7.46. The summed E-state index contributed by atoms with van der Waals surface area (Å²) in [6.07, 6.45) is 5.22. The topological polar surface area (TPSA) is 38.9 Å². The Morgan fingerprint density at radius 2 is 2.00 bits per heavy atom. The molecule has 0 radical (unpaired) electrons. The molecule has 2 atom stereocenters. The number of nitrogens with zero attached hydrogens (tertiary/aromatic N) is 1. The zero-order valence-corrected chi connectivity index (χ0v) is 12.2. The number of rotatable bonds is 1. The molecule has 2 nitrogen and oxygen atoms in total. The van der Waals surface area contributed by atoms with Gasteiger partial charge in [-0.25, -0.2) is 4.98 Å². The number of nitrogens with two attached hydrogens (primary N) is 1. The molecule has 2 N–H and O–H groups in total. The lowest BCUT2D eigenvalue weighted by Gasteiger charge is -2.25. The number of aromatic nitrogens is 1. The van der Waals surface area contributed by atoms with Crippen LogP contribution in [0.1, 0.15) is 70.0 Å². The van der Waals surface area contributed by atoms with Gasteiger partial charge in [0.1, 0.15) is 10.0 Å². The molecule has 0 amide bonds. The number of hydrogen-bond acceptors (Lipinski definition) is 3. The SMILES string of the molecule is CC1CCCC(c2nc(C(C)(C)C)sc2N)C1. The van der Waals surface area contributed by atoms with Gasteiger partial charge >= 0.3 is 0 Å². The fourth-order valence-corrected chi connectivity index (χ4v) is 3.61. The Hall–Kier alpha value is -0.570. The van der Waals surface area contributed by atoms with Crippen molar-refractivity contribution in [1.29, 1.82) is 0 Å². The molecule has 3 heteroatoms. The summed E-state index contributed by atoms with van der Waals surface area (Å²) in [7, 11) is 0. The van der Waals surface area contributed by atoms with E-state index in [1.807, 2.05) is 0 Å². The van der Waals surface area contributed by atoms with Crippen LogP contribution in [0.4, 0.5) is 5.00 Å². The van der Waals surface area contributed by atoms with Gasteiger partial charge in [0.05, 0.1) is 5.69 Å². The zero-order valence-electron chi connectivity index (χ0n) is 11.4. The quantitative estimate of drug-likeness (QED) is 0.808. The molecule has 1 fully saturated rings. The van der Waals surface area contributed by atoms with Crippen molar-refractivity contribution >= 4 is 16.3 Å². The maximum absolute atomic E-state index is 6.17. The molecule has 1 aromatic heterocycles. The highest BCUT2D eigenvalue weighted by atomic mass is 32.1. The van der Waals surface area contributed by atoms with E-state index in [0.29, 0.717) is 5.92 Å². The average Bonchev–Trinajstić information content (AvgIpc) is 2.60. The fourth-order valence-electron chi connectivity index (χ4n) is 2.64. The van der Waals surface area contributed by atoms with Crippen molar-refractivity contribution in [2.75, 3.05) is 5.73 Å². The van der Waals surface area contributed by atoms with Crippen LogP contribution in [0.2, 0.25) is 0 Å². The Kier molecular flexibility index (Phi) is 3.48. The van der Waals surface area contributed by atoms with E-state index in [4.69, 9.17) is 10.7 Å². The maximum atomic E-state index is 6.17. The van der Waals surface area contributed by atoms with Crippen molar-refractivity contribution in [3.8, 4) is 0 Å². The van der Waals surface area contributed by atoms with E-state index in [9.17, 15) is 0 Å². The van der Waals surface area contributed by atoms with Gasteiger partial charge in [0.25, 0.3) is 0 Å². The fraction of sp³-hybridized carbons (Fsp3) is 0.786. The molecular weight excluding hydrogens is 228 g/mol. The summed E-state index contributed by atoms with van der Waals surface area (Å²) in [5.41, 5.74) is 7.48. The van der Waals surface area contributed by atoms with E-state index in [1.165, 1.54) is 36.4 Å². The predicted octanol–water partition coefficient (Wildman–Crippen LogP) is 4.32. The minimum atomic E-state index is 0.122. The highest BCUT2D eigenvalue weighted by molar-refractivity contribution is 7.15. The van der Waals surface area contributed by atoms with Crippen molar-refractivity contribution in [1.82, 2.24) is 4.98 Å². The van der Waals surface area contributed by atoms with E-state index in [-0.39, 0.29) is 5.41 Å². The van der Waals surface area contributed by atoms with Crippen molar-refractivity contribution in [2.24, 2.45) is 5.92 Å². The molecular formula is C14H24N2S. The molecule has 0 bridgehead atoms. The molecule has 96 valence electrons. The van der Waals surface area contributed by atoms with E-state index in [1.54, 1.807) is 11.3 Å². The molecule has 1 aromatic rings. The van der Waals surface area contributed by atoms with E-state index < -0.39 is 0 Å². The lowest BCUT2D eigenvalue weighted by Crippen LogP contribution is -2.14. The Morgan fingerprint density at radius 3 is 2.53 bits per heavy atom. The van der Waals surface area contributed by atoms with E-state index in [2.05, 4.69) is 27.7 Å². The summed E-state index contributed by atoms with van der Waals surface area (Å²) in [4.78, 5) is 4.83. The van der Waals surface area contributed by atoms with Gasteiger partial charge in [0.2, 0.25) is 0 Å². The van der Waals surface area contributed by atoms with Crippen molar-refractivity contribution in [3.05, 3.63) is 10.7 Å². The average molecular weight is 252 g/mol. The Morgan fingerprint density at radius 1 is 1.29 bits per heavy atom. The smallest absolute Gasteiger partial charge is 0.110 e. The van der Waals surface area contributed by atoms with Crippen LogP contribution < -0.4 is 5.73 Å². The van der Waals surface area contributed by atoms with Gasteiger partial charge in [0.15, 0.2) is 0 Å². The molecule has 0 aliphatic heterocycles. The van der Waals surface area contributed by atoms with Crippen LogP contribution in [0.25, 0.3) is 0 Å². The Labute approximate surface area is 109 Å². The van der Waals surface area contributed by atoms with Gasteiger partial charge in [-0.05, 0) is 18.8 Å². The third kappa shape index (κ3) is 2.82. The van der Waals surface area contributed by atoms with Crippen LogP contribution in [-0.2, 0) is 5.41 Å². The normalized spacial score (nSPS) is 26.1. The van der Waals surface area contributed by atoms with Crippen molar-refractivity contribution < 1.29 is 0 Å². The van der Waals surface area contributed by atoms with Crippen LogP contribution in [0, 0.1) is 5.92 Å². The second kappa shape index (κ2) is 4.60. The summed E-state index contributed by atoms with van der Waals surface area (Å²) in [5.74, 6) is 1.43. The van der Waals surface area contributed by atoms with Crippen molar-refractivity contribution in [2.45, 2.75) is 64.7 Å².